The lowest BCUT2D eigenvalue weighted by molar-refractivity contribution is -0.192. The summed E-state index contributed by atoms with van der Waals surface area (Å²) in [4.78, 5) is 21.9. The molecule has 2 aliphatic carbocycles. The highest BCUT2D eigenvalue weighted by Gasteiger charge is 2.51. The number of aliphatic carboxylic acids is 1. The molecule has 12 heteroatoms. The van der Waals surface area contributed by atoms with Crippen LogP contribution in [0.1, 0.15) is 44.1 Å². The van der Waals surface area contributed by atoms with Crippen LogP contribution in [0.5, 0.6) is 0 Å². The number of carboxylic acid groups (broad SMARTS) is 1. The van der Waals surface area contributed by atoms with Crippen molar-refractivity contribution in [3.05, 3.63) is 58.6 Å². The minimum atomic E-state index is -5.08. The number of sulfonamides is 1. The van der Waals surface area contributed by atoms with E-state index in [1.165, 1.54) is 12.8 Å². The van der Waals surface area contributed by atoms with Crippen LogP contribution in [0.25, 0.3) is 0 Å². The number of halogens is 4. The zero-order valence-electron chi connectivity index (χ0n) is 18.4. The van der Waals surface area contributed by atoms with E-state index in [-0.39, 0.29) is 10.8 Å². The highest BCUT2D eigenvalue weighted by molar-refractivity contribution is 9.10. The second-order valence-corrected chi connectivity index (χ2v) is 11.1. The number of carboxylic acids is 1. The van der Waals surface area contributed by atoms with Gasteiger partial charge in [-0.1, -0.05) is 40.9 Å². The summed E-state index contributed by atoms with van der Waals surface area (Å²) in [6.45, 7) is 0. The number of anilines is 1. The number of alkyl halides is 3. The summed E-state index contributed by atoms with van der Waals surface area (Å²) in [5.41, 5.74) is 0.999. The van der Waals surface area contributed by atoms with Gasteiger partial charge in [0.05, 0.1) is 10.3 Å². The zero-order chi connectivity index (χ0) is 25.9. The molecule has 35 heavy (non-hydrogen) atoms. The molecule has 0 aromatic heterocycles. The molecule has 1 amide bonds. The second kappa shape index (κ2) is 10.6. The van der Waals surface area contributed by atoms with E-state index in [1.54, 1.807) is 36.4 Å². The fraction of sp³-hybridized carbons (Fsp3) is 0.391. The van der Waals surface area contributed by atoms with Crippen LogP contribution in [0, 0.1) is 0 Å². The van der Waals surface area contributed by atoms with Gasteiger partial charge in [-0.05, 0) is 67.6 Å². The van der Waals surface area contributed by atoms with E-state index in [4.69, 9.17) is 9.90 Å². The summed E-state index contributed by atoms with van der Waals surface area (Å²) in [6.07, 6.45) is 1.11. The third-order valence-electron chi connectivity index (χ3n) is 5.93. The Balaban J connectivity index is 0.000000429. The van der Waals surface area contributed by atoms with Crippen LogP contribution in [0.2, 0.25) is 0 Å². The number of rotatable bonds is 6. The first-order chi connectivity index (χ1) is 16.3. The molecule has 2 aromatic carbocycles. The molecule has 0 saturated heterocycles. The van der Waals surface area contributed by atoms with Gasteiger partial charge in [0.15, 0.2) is 0 Å². The first-order valence-electron chi connectivity index (χ1n) is 10.8. The Morgan fingerprint density at radius 2 is 1.49 bits per heavy atom. The van der Waals surface area contributed by atoms with Gasteiger partial charge in [0, 0.05) is 16.2 Å². The molecule has 0 bridgehead atoms. The number of hydrogen-bond acceptors (Lipinski definition) is 4. The largest absolute Gasteiger partial charge is 0.490 e. The summed E-state index contributed by atoms with van der Waals surface area (Å²) >= 11 is 3.30. The first kappa shape index (κ1) is 27.0. The Kier molecular flexibility index (Phi) is 8.15. The molecule has 0 atom stereocenters. The summed E-state index contributed by atoms with van der Waals surface area (Å²) in [6, 6.07) is 14.0. The van der Waals surface area contributed by atoms with E-state index in [2.05, 4.69) is 26.0 Å². The molecule has 2 aromatic rings. The highest BCUT2D eigenvalue weighted by Crippen LogP contribution is 2.49. The maximum atomic E-state index is 12.8. The fourth-order valence-corrected chi connectivity index (χ4v) is 5.17. The summed E-state index contributed by atoms with van der Waals surface area (Å²) in [7, 11) is -3.64. The Labute approximate surface area is 209 Å². The molecule has 2 fully saturated rings. The van der Waals surface area contributed by atoms with E-state index in [0.717, 1.165) is 35.7 Å². The van der Waals surface area contributed by atoms with Crippen LogP contribution in [0.15, 0.2) is 57.9 Å². The van der Waals surface area contributed by atoms with Gasteiger partial charge in [-0.2, -0.15) is 13.2 Å². The lowest BCUT2D eigenvalue weighted by Gasteiger charge is -2.20. The van der Waals surface area contributed by atoms with Crippen molar-refractivity contribution in [1.29, 1.82) is 0 Å². The molecular weight excluding hydrogens is 553 g/mol. The van der Waals surface area contributed by atoms with Crippen molar-refractivity contribution in [3.8, 4) is 0 Å². The summed E-state index contributed by atoms with van der Waals surface area (Å²) in [5, 5.41) is 10.3. The van der Waals surface area contributed by atoms with Crippen molar-refractivity contribution in [2.24, 2.45) is 0 Å². The molecule has 7 nitrogen and oxygen atoms in total. The standard InChI is InChI=1S/C21H23BrN2O3S.C2HF3O2/c22-16-7-11-19(12-8-16)28(26,27)24-18-9-5-15(6-10-18)21(13-14-21)20(25)23-17-3-1-2-4-17;3-2(4,5)1(6)7/h5-12,17,24H,1-4,13-14H2,(H,23,25);(H,6,7). The number of hydrogen-bond donors (Lipinski definition) is 3. The van der Waals surface area contributed by atoms with Crippen LogP contribution in [-0.4, -0.2) is 37.6 Å². The predicted molar refractivity (Wildman–Crippen MR) is 126 cm³/mol. The number of carbonyl (C=O) groups is 2. The number of nitrogens with one attached hydrogen (secondary N) is 2. The topological polar surface area (TPSA) is 113 Å². The van der Waals surface area contributed by atoms with Crippen LogP contribution in [0.3, 0.4) is 0 Å². The molecule has 0 heterocycles. The molecule has 0 aliphatic heterocycles. The van der Waals surface area contributed by atoms with Gasteiger partial charge in [0.25, 0.3) is 10.0 Å². The smallest absolute Gasteiger partial charge is 0.475 e. The minimum absolute atomic E-state index is 0.114. The Morgan fingerprint density at radius 3 is 1.94 bits per heavy atom. The number of carbonyl (C=O) groups excluding carboxylic acids is 1. The van der Waals surface area contributed by atoms with Gasteiger partial charge in [-0.3, -0.25) is 9.52 Å². The molecule has 0 unspecified atom stereocenters. The molecule has 4 rings (SSSR count). The van der Waals surface area contributed by atoms with Crippen molar-refractivity contribution in [2.75, 3.05) is 4.72 Å². The quantitative estimate of drug-likeness (QED) is 0.449. The Hall–Kier alpha value is -2.60. The molecule has 0 radical (unpaired) electrons. The highest BCUT2D eigenvalue weighted by atomic mass is 79.9. The molecule has 2 aliphatic rings. The lowest BCUT2D eigenvalue weighted by atomic mass is 9.94. The van der Waals surface area contributed by atoms with Crippen LogP contribution in [0.4, 0.5) is 18.9 Å². The van der Waals surface area contributed by atoms with Gasteiger partial charge < -0.3 is 10.4 Å². The van der Waals surface area contributed by atoms with Crippen molar-refractivity contribution < 1.29 is 36.3 Å². The number of benzene rings is 2. The fourth-order valence-electron chi connectivity index (χ4n) is 3.85. The van der Waals surface area contributed by atoms with Gasteiger partial charge in [0.2, 0.25) is 5.91 Å². The van der Waals surface area contributed by atoms with E-state index in [0.29, 0.717) is 11.7 Å². The third-order valence-corrected chi connectivity index (χ3v) is 7.86. The van der Waals surface area contributed by atoms with Gasteiger partial charge in [-0.15, -0.1) is 0 Å². The van der Waals surface area contributed by atoms with Crippen molar-refractivity contribution in [1.82, 2.24) is 5.32 Å². The van der Waals surface area contributed by atoms with Crippen LogP contribution in [-0.2, 0) is 25.0 Å². The Morgan fingerprint density at radius 1 is 0.971 bits per heavy atom. The molecular formula is C23H24BrF3N2O5S. The van der Waals surface area contributed by atoms with Gasteiger partial charge >= 0.3 is 12.1 Å². The van der Waals surface area contributed by atoms with Crippen molar-refractivity contribution in [3.63, 3.8) is 0 Å². The minimum Gasteiger partial charge on any atom is -0.475 e. The average Bonchev–Trinajstić information content (AvgIpc) is 3.44. The van der Waals surface area contributed by atoms with Crippen molar-refractivity contribution >= 4 is 43.5 Å². The average molecular weight is 577 g/mol. The summed E-state index contributed by atoms with van der Waals surface area (Å²) < 4.78 is 60.2. The maximum absolute atomic E-state index is 12.8. The molecule has 3 N–H and O–H groups in total. The third kappa shape index (κ3) is 6.97. The number of amides is 1. The Bertz CT molecular complexity index is 1160. The monoisotopic (exact) mass is 576 g/mol. The van der Waals surface area contributed by atoms with Crippen LogP contribution >= 0.6 is 15.9 Å². The van der Waals surface area contributed by atoms with E-state index in [1.807, 2.05) is 12.1 Å². The molecule has 190 valence electrons. The van der Waals surface area contributed by atoms with Gasteiger partial charge in [-0.25, -0.2) is 13.2 Å². The maximum Gasteiger partial charge on any atom is 0.490 e. The normalized spacial score (nSPS) is 17.1. The van der Waals surface area contributed by atoms with E-state index < -0.39 is 27.6 Å². The van der Waals surface area contributed by atoms with Crippen LogP contribution < -0.4 is 10.0 Å². The molecule has 0 spiro atoms. The summed E-state index contributed by atoms with van der Waals surface area (Å²) in [5.74, 6) is -2.64. The first-order valence-corrected chi connectivity index (χ1v) is 13.1. The SMILES string of the molecule is O=C(NC1CCCC1)C1(c2ccc(NS(=O)(=O)c3ccc(Br)cc3)cc2)CC1.O=C(O)C(F)(F)F. The van der Waals surface area contributed by atoms with Gasteiger partial charge in [0.1, 0.15) is 0 Å². The van der Waals surface area contributed by atoms with E-state index in [9.17, 15) is 26.4 Å². The van der Waals surface area contributed by atoms with E-state index >= 15 is 0 Å². The predicted octanol–water partition coefficient (Wildman–Crippen LogP) is 4.97. The lowest BCUT2D eigenvalue weighted by Crippen LogP contribution is -2.40. The molecule has 2 saturated carbocycles. The second-order valence-electron chi connectivity index (χ2n) is 8.48. The van der Waals surface area contributed by atoms with Crippen molar-refractivity contribution in [2.45, 2.75) is 61.1 Å². The zero-order valence-corrected chi connectivity index (χ0v) is 20.8.